The lowest BCUT2D eigenvalue weighted by Crippen LogP contribution is -2.60. The Kier molecular flexibility index (Phi) is 3.71. The second-order valence-corrected chi connectivity index (χ2v) is 5.72. The van der Waals surface area contributed by atoms with Crippen LogP contribution in [0.25, 0.3) is 0 Å². The average Bonchev–Trinajstić information content (AvgIpc) is 2.34. The van der Waals surface area contributed by atoms with Crippen molar-refractivity contribution in [2.45, 2.75) is 37.5 Å². The molecule has 1 N–H and O–H groups in total. The molecule has 0 aromatic carbocycles. The molecule has 2 fully saturated rings. The van der Waals surface area contributed by atoms with Crippen molar-refractivity contribution < 1.29 is 14.4 Å². The first-order chi connectivity index (χ1) is 8.09. The summed E-state index contributed by atoms with van der Waals surface area (Å²) in [5.74, 6) is 0.154. The summed E-state index contributed by atoms with van der Waals surface area (Å²) < 4.78 is 0. The van der Waals surface area contributed by atoms with E-state index < -0.39 is 6.04 Å². The molecule has 3 amide bonds. The predicted octanol–water partition coefficient (Wildman–Crippen LogP) is 0.146. The van der Waals surface area contributed by atoms with Crippen molar-refractivity contribution >= 4 is 29.5 Å². The van der Waals surface area contributed by atoms with Crippen molar-refractivity contribution in [1.82, 2.24) is 10.2 Å². The minimum Gasteiger partial charge on any atom is -0.321 e. The number of nitrogens with zero attached hydrogens (tertiary/aromatic N) is 1. The number of carbonyl (C=O) groups excluding carboxylic acids is 3. The molecule has 2 aliphatic heterocycles. The van der Waals surface area contributed by atoms with Crippen LogP contribution < -0.4 is 5.32 Å². The molecular formula is C11H16N2O3S. The molecule has 6 heteroatoms. The molecule has 2 unspecified atom stereocenters. The smallest absolute Gasteiger partial charge is 0.249 e. The van der Waals surface area contributed by atoms with Crippen LogP contribution in [0.15, 0.2) is 0 Å². The number of hydrogen-bond acceptors (Lipinski definition) is 4. The highest BCUT2D eigenvalue weighted by molar-refractivity contribution is 8.00. The van der Waals surface area contributed by atoms with Gasteiger partial charge in [-0.3, -0.25) is 19.7 Å². The van der Waals surface area contributed by atoms with E-state index in [9.17, 15) is 14.4 Å². The Bertz CT molecular complexity index is 353. The van der Waals surface area contributed by atoms with Gasteiger partial charge in [0.05, 0.1) is 5.25 Å². The van der Waals surface area contributed by atoms with Crippen molar-refractivity contribution in [3.63, 3.8) is 0 Å². The van der Waals surface area contributed by atoms with E-state index in [1.54, 1.807) is 18.7 Å². The number of piperazine rings is 1. The molecule has 0 radical (unpaired) electrons. The van der Waals surface area contributed by atoms with Crippen LogP contribution in [0.2, 0.25) is 0 Å². The van der Waals surface area contributed by atoms with Crippen molar-refractivity contribution in [3.05, 3.63) is 0 Å². The highest BCUT2D eigenvalue weighted by Crippen LogP contribution is 2.27. The number of amides is 3. The van der Waals surface area contributed by atoms with Crippen LogP contribution in [0.3, 0.4) is 0 Å². The Morgan fingerprint density at radius 1 is 1.41 bits per heavy atom. The standard InChI is InChI=1S/C11H16N2O3S/c1-7-10(15)12-9(14)6-13(7)11(16)8-4-2-3-5-17-8/h7-8H,2-6H2,1H3,(H,12,14,15). The van der Waals surface area contributed by atoms with E-state index in [2.05, 4.69) is 5.32 Å². The molecule has 5 nitrogen and oxygen atoms in total. The van der Waals surface area contributed by atoms with Gasteiger partial charge < -0.3 is 4.90 Å². The third kappa shape index (κ3) is 2.62. The third-order valence-electron chi connectivity index (χ3n) is 3.16. The maximum Gasteiger partial charge on any atom is 0.249 e. The number of rotatable bonds is 1. The SMILES string of the molecule is CC1C(=O)NC(=O)CN1C(=O)C1CCCCS1. The monoisotopic (exact) mass is 256 g/mol. The van der Waals surface area contributed by atoms with Gasteiger partial charge in [0.1, 0.15) is 12.6 Å². The lowest BCUT2D eigenvalue weighted by molar-refractivity contribution is -0.149. The summed E-state index contributed by atoms with van der Waals surface area (Å²) in [6.45, 7) is 1.66. The number of imide groups is 1. The van der Waals surface area contributed by atoms with Gasteiger partial charge >= 0.3 is 0 Å². The quantitative estimate of drug-likeness (QED) is 0.678. The largest absolute Gasteiger partial charge is 0.321 e. The molecule has 2 aliphatic rings. The minimum atomic E-state index is -0.539. The fourth-order valence-electron chi connectivity index (χ4n) is 2.10. The lowest BCUT2D eigenvalue weighted by atomic mass is 10.1. The van der Waals surface area contributed by atoms with E-state index in [-0.39, 0.29) is 29.5 Å². The highest BCUT2D eigenvalue weighted by atomic mass is 32.2. The Morgan fingerprint density at radius 3 is 2.82 bits per heavy atom. The van der Waals surface area contributed by atoms with Gasteiger partial charge in [0.15, 0.2) is 0 Å². The molecule has 17 heavy (non-hydrogen) atoms. The van der Waals surface area contributed by atoms with Gasteiger partial charge in [-0.25, -0.2) is 0 Å². The first-order valence-corrected chi connectivity index (χ1v) is 6.90. The van der Waals surface area contributed by atoms with Gasteiger partial charge in [0, 0.05) is 0 Å². The summed E-state index contributed by atoms with van der Waals surface area (Å²) in [4.78, 5) is 36.4. The summed E-state index contributed by atoms with van der Waals surface area (Å²) in [6.07, 6.45) is 3.04. The maximum absolute atomic E-state index is 12.2. The Balaban J connectivity index is 2.06. The average molecular weight is 256 g/mol. The maximum atomic E-state index is 12.2. The van der Waals surface area contributed by atoms with Crippen molar-refractivity contribution in [2.24, 2.45) is 0 Å². The molecular weight excluding hydrogens is 240 g/mol. The van der Waals surface area contributed by atoms with E-state index >= 15 is 0 Å². The zero-order valence-electron chi connectivity index (χ0n) is 9.77. The van der Waals surface area contributed by atoms with Gasteiger partial charge in [-0.15, -0.1) is 11.8 Å². The zero-order valence-corrected chi connectivity index (χ0v) is 10.6. The van der Waals surface area contributed by atoms with Crippen LogP contribution in [-0.4, -0.2) is 46.2 Å². The molecule has 94 valence electrons. The first kappa shape index (κ1) is 12.4. The molecule has 0 bridgehead atoms. The van der Waals surface area contributed by atoms with Crippen LogP contribution in [0.1, 0.15) is 26.2 Å². The van der Waals surface area contributed by atoms with Gasteiger partial charge in [-0.2, -0.15) is 0 Å². The van der Waals surface area contributed by atoms with Crippen molar-refractivity contribution in [2.75, 3.05) is 12.3 Å². The number of hydrogen-bond donors (Lipinski definition) is 1. The molecule has 2 atom stereocenters. The Labute approximate surface area is 104 Å². The molecule has 2 saturated heterocycles. The molecule has 0 aliphatic carbocycles. The topological polar surface area (TPSA) is 66.5 Å². The molecule has 0 aromatic rings. The zero-order chi connectivity index (χ0) is 12.4. The summed E-state index contributed by atoms with van der Waals surface area (Å²) in [5.41, 5.74) is 0. The van der Waals surface area contributed by atoms with Crippen LogP contribution in [0, 0.1) is 0 Å². The molecule has 0 saturated carbocycles. The molecule has 2 heterocycles. The summed E-state index contributed by atoms with van der Waals surface area (Å²) in [5, 5.41) is 2.16. The van der Waals surface area contributed by atoms with E-state index in [0.29, 0.717) is 0 Å². The van der Waals surface area contributed by atoms with Gasteiger partial charge in [-0.05, 0) is 25.5 Å². The van der Waals surface area contributed by atoms with Crippen molar-refractivity contribution in [1.29, 1.82) is 0 Å². The number of carbonyl (C=O) groups is 3. The molecule has 2 rings (SSSR count). The fraction of sp³-hybridized carbons (Fsp3) is 0.727. The normalized spacial score (nSPS) is 30.1. The van der Waals surface area contributed by atoms with Gasteiger partial charge in [0.2, 0.25) is 17.7 Å². The molecule has 0 spiro atoms. The highest BCUT2D eigenvalue weighted by Gasteiger charge is 2.37. The van der Waals surface area contributed by atoms with Crippen molar-refractivity contribution in [3.8, 4) is 0 Å². The second kappa shape index (κ2) is 5.08. The van der Waals surface area contributed by atoms with E-state index in [0.717, 1.165) is 25.0 Å². The second-order valence-electron chi connectivity index (χ2n) is 4.41. The van der Waals surface area contributed by atoms with Crippen LogP contribution in [0.5, 0.6) is 0 Å². The summed E-state index contributed by atoms with van der Waals surface area (Å²) in [7, 11) is 0. The lowest BCUT2D eigenvalue weighted by Gasteiger charge is -2.35. The number of thioether (sulfide) groups is 1. The fourth-order valence-corrected chi connectivity index (χ4v) is 3.37. The first-order valence-electron chi connectivity index (χ1n) is 5.85. The summed E-state index contributed by atoms with van der Waals surface area (Å²) >= 11 is 1.64. The van der Waals surface area contributed by atoms with Gasteiger partial charge in [-0.1, -0.05) is 6.42 Å². The molecule has 0 aromatic heterocycles. The Hall–Kier alpha value is -1.04. The predicted molar refractivity (Wildman–Crippen MR) is 64.4 cm³/mol. The van der Waals surface area contributed by atoms with Gasteiger partial charge in [0.25, 0.3) is 0 Å². The van der Waals surface area contributed by atoms with Crippen LogP contribution >= 0.6 is 11.8 Å². The third-order valence-corrected chi connectivity index (χ3v) is 4.53. The van der Waals surface area contributed by atoms with E-state index in [4.69, 9.17) is 0 Å². The Morgan fingerprint density at radius 2 is 2.18 bits per heavy atom. The van der Waals surface area contributed by atoms with E-state index in [1.807, 2.05) is 0 Å². The minimum absolute atomic E-state index is 0.00278. The van der Waals surface area contributed by atoms with Crippen LogP contribution in [-0.2, 0) is 14.4 Å². The van der Waals surface area contributed by atoms with Crippen LogP contribution in [0.4, 0.5) is 0 Å². The summed E-state index contributed by atoms with van der Waals surface area (Å²) in [6, 6.07) is -0.539. The number of nitrogens with one attached hydrogen (secondary N) is 1. The van der Waals surface area contributed by atoms with E-state index in [1.165, 1.54) is 4.90 Å².